The minimum absolute atomic E-state index is 0.0676. The second-order valence-corrected chi connectivity index (χ2v) is 6.27. The molecule has 1 aromatic heterocycles. The summed E-state index contributed by atoms with van der Waals surface area (Å²) in [6.07, 6.45) is 3.17. The van der Waals surface area contributed by atoms with Gasteiger partial charge in [0.2, 0.25) is 0 Å². The number of amides is 1. The van der Waals surface area contributed by atoms with Crippen LogP contribution in [0.5, 0.6) is 0 Å². The van der Waals surface area contributed by atoms with Gasteiger partial charge in [0, 0.05) is 24.1 Å². The largest absolute Gasteiger partial charge is 0.465 e. The van der Waals surface area contributed by atoms with Gasteiger partial charge < -0.3 is 15.4 Å². The fourth-order valence-corrected chi connectivity index (χ4v) is 2.76. The van der Waals surface area contributed by atoms with Gasteiger partial charge in [-0.05, 0) is 36.8 Å². The lowest BCUT2D eigenvalue weighted by Gasteiger charge is -2.16. The zero-order valence-corrected chi connectivity index (χ0v) is 15.7. The molecule has 0 spiro atoms. The van der Waals surface area contributed by atoms with Gasteiger partial charge in [0.05, 0.1) is 23.9 Å². The van der Waals surface area contributed by atoms with E-state index < -0.39 is 5.97 Å². The summed E-state index contributed by atoms with van der Waals surface area (Å²) >= 11 is 0. The van der Waals surface area contributed by atoms with Crippen molar-refractivity contribution in [2.75, 3.05) is 17.7 Å². The molecule has 0 saturated carbocycles. The molecule has 3 rings (SSSR count). The first-order valence-electron chi connectivity index (χ1n) is 8.83. The first-order chi connectivity index (χ1) is 13.6. The fourth-order valence-electron chi connectivity index (χ4n) is 2.76. The van der Waals surface area contributed by atoms with Crippen LogP contribution in [0.3, 0.4) is 0 Å². The summed E-state index contributed by atoms with van der Waals surface area (Å²) in [5.41, 5.74) is 3.16. The SMILES string of the molecule is COC(=O)c1cccc(NC(=O)c2cncc(NC(C)c3ccccc3)c2)c1. The predicted octanol–water partition coefficient (Wildman–Crippen LogP) is 4.29. The standard InChI is InChI=1S/C22H21N3O3/c1-15(16-7-4-3-5-8-16)24-20-12-18(13-23-14-20)21(26)25-19-10-6-9-17(11-19)22(27)28-2/h3-15,24H,1-2H3,(H,25,26). The zero-order chi connectivity index (χ0) is 19.9. The number of pyridine rings is 1. The van der Waals surface area contributed by atoms with Crippen molar-refractivity contribution in [1.82, 2.24) is 4.98 Å². The number of rotatable bonds is 6. The number of esters is 1. The maximum atomic E-state index is 12.6. The molecule has 28 heavy (non-hydrogen) atoms. The molecule has 0 saturated heterocycles. The summed E-state index contributed by atoms with van der Waals surface area (Å²) in [6.45, 7) is 2.04. The van der Waals surface area contributed by atoms with E-state index in [1.165, 1.54) is 13.3 Å². The molecule has 1 unspecified atom stereocenters. The van der Waals surface area contributed by atoms with E-state index >= 15 is 0 Å². The van der Waals surface area contributed by atoms with Crippen LogP contribution in [0.25, 0.3) is 0 Å². The molecule has 142 valence electrons. The Morgan fingerprint density at radius 3 is 2.43 bits per heavy atom. The highest BCUT2D eigenvalue weighted by molar-refractivity contribution is 6.05. The van der Waals surface area contributed by atoms with Crippen LogP contribution in [-0.4, -0.2) is 24.0 Å². The number of carbonyl (C=O) groups is 2. The monoisotopic (exact) mass is 375 g/mol. The number of nitrogens with one attached hydrogen (secondary N) is 2. The number of aromatic nitrogens is 1. The van der Waals surface area contributed by atoms with Crippen molar-refractivity contribution in [2.45, 2.75) is 13.0 Å². The van der Waals surface area contributed by atoms with E-state index in [1.54, 1.807) is 36.5 Å². The average molecular weight is 375 g/mol. The summed E-state index contributed by atoms with van der Waals surface area (Å²) in [4.78, 5) is 28.4. The Kier molecular flexibility index (Phi) is 6.01. The third-order valence-electron chi connectivity index (χ3n) is 4.22. The van der Waals surface area contributed by atoms with Crippen LogP contribution in [0.4, 0.5) is 11.4 Å². The Morgan fingerprint density at radius 1 is 0.929 bits per heavy atom. The van der Waals surface area contributed by atoms with Crippen LogP contribution in [0.15, 0.2) is 73.1 Å². The topological polar surface area (TPSA) is 80.3 Å². The third-order valence-corrected chi connectivity index (χ3v) is 4.22. The fraction of sp³-hybridized carbons (Fsp3) is 0.136. The second kappa shape index (κ2) is 8.81. The van der Waals surface area contributed by atoms with E-state index in [0.717, 1.165) is 11.3 Å². The smallest absolute Gasteiger partial charge is 0.337 e. The molecular formula is C22H21N3O3. The molecule has 2 N–H and O–H groups in total. The molecule has 2 aromatic carbocycles. The van der Waals surface area contributed by atoms with Crippen molar-refractivity contribution in [3.8, 4) is 0 Å². The number of carbonyl (C=O) groups excluding carboxylic acids is 2. The van der Waals surface area contributed by atoms with Gasteiger partial charge in [-0.2, -0.15) is 0 Å². The molecule has 0 bridgehead atoms. The van der Waals surface area contributed by atoms with Gasteiger partial charge in [-0.1, -0.05) is 36.4 Å². The van der Waals surface area contributed by atoms with Crippen LogP contribution in [0.1, 0.15) is 39.2 Å². The summed E-state index contributed by atoms with van der Waals surface area (Å²) < 4.78 is 4.70. The van der Waals surface area contributed by atoms with Gasteiger partial charge in [-0.3, -0.25) is 9.78 Å². The van der Waals surface area contributed by atoms with Crippen molar-refractivity contribution < 1.29 is 14.3 Å². The molecule has 1 heterocycles. The van der Waals surface area contributed by atoms with Crippen LogP contribution in [0, 0.1) is 0 Å². The number of benzene rings is 2. The minimum Gasteiger partial charge on any atom is -0.465 e. The Bertz CT molecular complexity index is 974. The van der Waals surface area contributed by atoms with Gasteiger partial charge in [0.1, 0.15) is 0 Å². The van der Waals surface area contributed by atoms with Gasteiger partial charge in [0.15, 0.2) is 0 Å². The number of methoxy groups -OCH3 is 1. The molecule has 0 aliphatic carbocycles. The third kappa shape index (κ3) is 4.73. The summed E-state index contributed by atoms with van der Waals surface area (Å²) in [5.74, 6) is -0.774. The van der Waals surface area contributed by atoms with E-state index in [9.17, 15) is 9.59 Å². The molecule has 1 amide bonds. The number of hydrogen-bond acceptors (Lipinski definition) is 5. The minimum atomic E-state index is -0.459. The van der Waals surface area contributed by atoms with Crippen molar-refractivity contribution in [2.24, 2.45) is 0 Å². The number of ether oxygens (including phenoxy) is 1. The molecule has 0 radical (unpaired) electrons. The lowest BCUT2D eigenvalue weighted by molar-refractivity contribution is 0.0600. The quantitative estimate of drug-likeness (QED) is 0.628. The maximum absolute atomic E-state index is 12.6. The van der Waals surface area contributed by atoms with Crippen molar-refractivity contribution in [1.29, 1.82) is 0 Å². The Balaban J connectivity index is 1.71. The summed E-state index contributed by atoms with van der Waals surface area (Å²) in [6, 6.07) is 18.4. The summed E-state index contributed by atoms with van der Waals surface area (Å²) in [5, 5.41) is 6.12. The van der Waals surface area contributed by atoms with Crippen molar-refractivity contribution >= 4 is 23.3 Å². The molecule has 3 aromatic rings. The van der Waals surface area contributed by atoms with Crippen LogP contribution in [0.2, 0.25) is 0 Å². The van der Waals surface area contributed by atoms with E-state index in [1.807, 2.05) is 37.3 Å². The first-order valence-corrected chi connectivity index (χ1v) is 8.83. The number of nitrogens with zero attached hydrogens (tertiary/aromatic N) is 1. The highest BCUT2D eigenvalue weighted by atomic mass is 16.5. The van der Waals surface area contributed by atoms with Crippen LogP contribution in [-0.2, 0) is 4.74 Å². The zero-order valence-electron chi connectivity index (χ0n) is 15.7. The molecule has 6 heteroatoms. The molecule has 1 atom stereocenters. The van der Waals surface area contributed by atoms with E-state index in [4.69, 9.17) is 4.74 Å². The van der Waals surface area contributed by atoms with E-state index in [2.05, 4.69) is 15.6 Å². The predicted molar refractivity (Wildman–Crippen MR) is 108 cm³/mol. The molecule has 6 nitrogen and oxygen atoms in total. The first kappa shape index (κ1) is 19.1. The molecular weight excluding hydrogens is 354 g/mol. The van der Waals surface area contributed by atoms with Gasteiger partial charge >= 0.3 is 5.97 Å². The van der Waals surface area contributed by atoms with Gasteiger partial charge in [-0.15, -0.1) is 0 Å². The Morgan fingerprint density at radius 2 is 1.68 bits per heavy atom. The van der Waals surface area contributed by atoms with E-state index in [-0.39, 0.29) is 11.9 Å². The van der Waals surface area contributed by atoms with Crippen molar-refractivity contribution in [3.05, 3.63) is 89.7 Å². The van der Waals surface area contributed by atoms with Crippen LogP contribution < -0.4 is 10.6 Å². The van der Waals surface area contributed by atoms with E-state index in [0.29, 0.717) is 16.8 Å². The number of anilines is 2. The van der Waals surface area contributed by atoms with Gasteiger partial charge in [-0.25, -0.2) is 4.79 Å². The molecule has 0 fully saturated rings. The number of hydrogen-bond donors (Lipinski definition) is 2. The Hall–Kier alpha value is -3.67. The molecule has 0 aliphatic heterocycles. The average Bonchev–Trinajstić information content (AvgIpc) is 2.74. The second-order valence-electron chi connectivity index (χ2n) is 6.27. The lowest BCUT2D eigenvalue weighted by atomic mass is 10.1. The molecule has 0 aliphatic rings. The van der Waals surface area contributed by atoms with Gasteiger partial charge in [0.25, 0.3) is 5.91 Å². The highest BCUT2D eigenvalue weighted by Gasteiger charge is 2.11. The Labute approximate surface area is 163 Å². The summed E-state index contributed by atoms with van der Waals surface area (Å²) in [7, 11) is 1.31. The maximum Gasteiger partial charge on any atom is 0.337 e. The normalized spacial score (nSPS) is 11.4. The van der Waals surface area contributed by atoms with Crippen LogP contribution >= 0.6 is 0 Å². The van der Waals surface area contributed by atoms with Crippen molar-refractivity contribution in [3.63, 3.8) is 0 Å². The lowest BCUT2D eigenvalue weighted by Crippen LogP contribution is -2.14. The highest BCUT2D eigenvalue weighted by Crippen LogP contribution is 2.20.